The molecule has 1 amide bonds. The lowest BCUT2D eigenvalue weighted by atomic mass is 10.1. The second-order valence-electron chi connectivity index (χ2n) is 5.46. The van der Waals surface area contributed by atoms with Crippen LogP contribution < -0.4 is 11.1 Å². The summed E-state index contributed by atoms with van der Waals surface area (Å²) in [5, 5.41) is 2.46. The number of nitrogens with one attached hydrogen (secondary N) is 1. The molecule has 0 aliphatic carbocycles. The van der Waals surface area contributed by atoms with E-state index in [-0.39, 0.29) is 11.3 Å². The fourth-order valence-electron chi connectivity index (χ4n) is 1.46. The zero-order valence-corrected chi connectivity index (χ0v) is 12.0. The fraction of sp³-hybridized carbons (Fsp3) is 0.429. The number of hydrogen-bond acceptors (Lipinski definition) is 4. The summed E-state index contributed by atoms with van der Waals surface area (Å²) in [6.45, 7) is 6.71. The normalized spacial score (nSPS) is 12.7. The third kappa shape index (κ3) is 4.53. The molecule has 0 saturated heterocycles. The summed E-state index contributed by atoms with van der Waals surface area (Å²) in [5.41, 5.74) is 5.05. The average molecular weight is 282 g/mol. The van der Waals surface area contributed by atoms with Gasteiger partial charge in [-0.15, -0.1) is 0 Å². The number of nitrogen functional groups attached to an aromatic ring is 1. The molecule has 0 aliphatic rings. The number of amides is 1. The zero-order valence-electron chi connectivity index (χ0n) is 12.0. The van der Waals surface area contributed by atoms with E-state index in [1.807, 2.05) is 0 Å². The van der Waals surface area contributed by atoms with Crippen molar-refractivity contribution in [1.82, 2.24) is 5.32 Å². The first kappa shape index (κ1) is 15.9. The Morgan fingerprint density at radius 3 is 2.45 bits per heavy atom. The van der Waals surface area contributed by atoms with E-state index in [4.69, 9.17) is 10.5 Å². The minimum Gasteiger partial charge on any atom is -0.458 e. The van der Waals surface area contributed by atoms with E-state index < -0.39 is 29.3 Å². The number of carbonyl (C=O) groups excluding carboxylic acids is 2. The number of benzene rings is 1. The summed E-state index contributed by atoms with van der Waals surface area (Å²) < 4.78 is 18.0. The Kier molecular flexibility index (Phi) is 4.70. The van der Waals surface area contributed by atoms with Gasteiger partial charge in [-0.3, -0.25) is 4.79 Å². The van der Waals surface area contributed by atoms with Gasteiger partial charge in [0.2, 0.25) is 0 Å². The maximum atomic E-state index is 12.9. The smallest absolute Gasteiger partial charge is 0.328 e. The molecule has 1 aromatic rings. The second-order valence-corrected chi connectivity index (χ2v) is 5.46. The van der Waals surface area contributed by atoms with Crippen molar-refractivity contribution in [3.8, 4) is 0 Å². The minimum absolute atomic E-state index is 0.0129. The molecule has 20 heavy (non-hydrogen) atoms. The molecule has 1 unspecified atom stereocenters. The lowest BCUT2D eigenvalue weighted by molar-refractivity contribution is -0.156. The van der Waals surface area contributed by atoms with Crippen LogP contribution in [0.1, 0.15) is 38.1 Å². The van der Waals surface area contributed by atoms with E-state index in [2.05, 4.69) is 5.32 Å². The van der Waals surface area contributed by atoms with Crippen molar-refractivity contribution >= 4 is 17.6 Å². The van der Waals surface area contributed by atoms with E-state index in [9.17, 15) is 14.0 Å². The predicted molar refractivity (Wildman–Crippen MR) is 73.6 cm³/mol. The molecule has 110 valence electrons. The Morgan fingerprint density at radius 1 is 1.35 bits per heavy atom. The molecule has 3 N–H and O–H groups in total. The van der Waals surface area contributed by atoms with E-state index in [1.54, 1.807) is 20.8 Å². The van der Waals surface area contributed by atoms with E-state index >= 15 is 0 Å². The van der Waals surface area contributed by atoms with Crippen LogP contribution in [0.3, 0.4) is 0 Å². The van der Waals surface area contributed by atoms with E-state index in [0.29, 0.717) is 0 Å². The first-order valence-corrected chi connectivity index (χ1v) is 6.19. The highest BCUT2D eigenvalue weighted by atomic mass is 19.1. The number of esters is 1. The van der Waals surface area contributed by atoms with Gasteiger partial charge >= 0.3 is 5.97 Å². The highest BCUT2D eigenvalue weighted by Crippen LogP contribution is 2.14. The van der Waals surface area contributed by atoms with Crippen LogP contribution in [0.25, 0.3) is 0 Å². The first-order chi connectivity index (χ1) is 9.10. The van der Waals surface area contributed by atoms with Gasteiger partial charge in [-0.1, -0.05) is 0 Å². The van der Waals surface area contributed by atoms with Crippen LogP contribution in [0, 0.1) is 5.82 Å². The molecule has 0 saturated carbocycles. The number of hydrogen-bond donors (Lipinski definition) is 2. The van der Waals surface area contributed by atoms with Crippen LogP contribution in [0.2, 0.25) is 0 Å². The number of halogens is 1. The van der Waals surface area contributed by atoms with Gasteiger partial charge in [-0.2, -0.15) is 0 Å². The van der Waals surface area contributed by atoms with Gasteiger partial charge in [0.15, 0.2) is 0 Å². The monoisotopic (exact) mass is 282 g/mol. The predicted octanol–water partition coefficient (Wildman–Crippen LogP) is 1.87. The first-order valence-electron chi connectivity index (χ1n) is 6.19. The molecule has 6 heteroatoms. The van der Waals surface area contributed by atoms with Gasteiger partial charge in [0.05, 0.1) is 5.56 Å². The van der Waals surface area contributed by atoms with Crippen molar-refractivity contribution in [3.05, 3.63) is 29.6 Å². The summed E-state index contributed by atoms with van der Waals surface area (Å²) in [5.74, 6) is -1.63. The van der Waals surface area contributed by atoms with Crippen LogP contribution in [-0.2, 0) is 9.53 Å². The summed E-state index contributed by atoms with van der Waals surface area (Å²) in [6, 6.07) is 2.62. The van der Waals surface area contributed by atoms with Crippen molar-refractivity contribution < 1.29 is 18.7 Å². The third-order valence-corrected chi connectivity index (χ3v) is 2.37. The molecule has 1 aromatic carbocycles. The summed E-state index contributed by atoms with van der Waals surface area (Å²) in [7, 11) is 0. The van der Waals surface area contributed by atoms with Crippen molar-refractivity contribution in [2.45, 2.75) is 39.3 Å². The quantitative estimate of drug-likeness (QED) is 0.655. The molecule has 0 heterocycles. The van der Waals surface area contributed by atoms with Crippen LogP contribution in [-0.4, -0.2) is 23.5 Å². The number of ether oxygens (including phenoxy) is 1. The number of nitrogens with two attached hydrogens (primary N) is 1. The largest absolute Gasteiger partial charge is 0.458 e. The Hall–Kier alpha value is -2.11. The number of carbonyl (C=O) groups is 2. The number of anilines is 1. The molecular formula is C14H19FN2O3. The van der Waals surface area contributed by atoms with E-state index in [0.717, 1.165) is 12.1 Å². The highest BCUT2D eigenvalue weighted by molar-refractivity contribution is 6.00. The van der Waals surface area contributed by atoms with Crippen LogP contribution >= 0.6 is 0 Å². The molecule has 0 aromatic heterocycles. The molecular weight excluding hydrogens is 263 g/mol. The fourth-order valence-corrected chi connectivity index (χ4v) is 1.46. The Morgan fingerprint density at radius 2 is 1.95 bits per heavy atom. The second kappa shape index (κ2) is 5.90. The van der Waals surface area contributed by atoms with Crippen molar-refractivity contribution in [2.75, 3.05) is 5.73 Å². The van der Waals surface area contributed by atoms with Crippen LogP contribution in [0.4, 0.5) is 10.1 Å². The molecule has 0 radical (unpaired) electrons. The van der Waals surface area contributed by atoms with Gasteiger partial charge in [-0.25, -0.2) is 9.18 Å². The van der Waals surface area contributed by atoms with Crippen LogP contribution in [0.5, 0.6) is 0 Å². The highest BCUT2D eigenvalue weighted by Gasteiger charge is 2.23. The molecule has 1 atom stereocenters. The van der Waals surface area contributed by atoms with Crippen molar-refractivity contribution in [2.24, 2.45) is 0 Å². The van der Waals surface area contributed by atoms with E-state index in [1.165, 1.54) is 13.0 Å². The lowest BCUT2D eigenvalue weighted by Crippen LogP contribution is -2.42. The molecule has 0 spiro atoms. The molecule has 1 rings (SSSR count). The number of rotatable bonds is 3. The Bertz CT molecular complexity index is 524. The van der Waals surface area contributed by atoms with Gasteiger partial charge in [-0.05, 0) is 45.9 Å². The summed E-state index contributed by atoms with van der Waals surface area (Å²) >= 11 is 0. The lowest BCUT2D eigenvalue weighted by Gasteiger charge is -2.22. The standard InChI is InChI=1S/C14H19FN2O3/c1-8(13(19)20-14(2,3)4)17-12(18)10-6-5-9(15)7-11(10)16/h5-8H,16H2,1-4H3,(H,17,18). The Balaban J connectivity index is 2.73. The van der Waals surface area contributed by atoms with Gasteiger partial charge in [0.25, 0.3) is 5.91 Å². The Labute approximate surface area is 117 Å². The molecule has 5 nitrogen and oxygen atoms in total. The van der Waals surface area contributed by atoms with Gasteiger partial charge in [0.1, 0.15) is 17.5 Å². The maximum absolute atomic E-state index is 12.9. The molecule has 0 bridgehead atoms. The van der Waals surface area contributed by atoms with Gasteiger partial charge < -0.3 is 15.8 Å². The van der Waals surface area contributed by atoms with Crippen molar-refractivity contribution in [1.29, 1.82) is 0 Å². The summed E-state index contributed by atoms with van der Waals surface area (Å²) in [6.07, 6.45) is 0. The maximum Gasteiger partial charge on any atom is 0.328 e. The molecule has 0 fully saturated rings. The topological polar surface area (TPSA) is 81.4 Å². The molecule has 0 aliphatic heterocycles. The zero-order chi connectivity index (χ0) is 15.5. The third-order valence-electron chi connectivity index (χ3n) is 2.37. The minimum atomic E-state index is -0.828. The van der Waals surface area contributed by atoms with Crippen LogP contribution in [0.15, 0.2) is 18.2 Å². The van der Waals surface area contributed by atoms with Gasteiger partial charge in [0, 0.05) is 5.69 Å². The SMILES string of the molecule is CC(NC(=O)c1ccc(F)cc1N)C(=O)OC(C)(C)C. The van der Waals surface area contributed by atoms with Crippen molar-refractivity contribution in [3.63, 3.8) is 0 Å². The summed E-state index contributed by atoms with van der Waals surface area (Å²) in [4.78, 5) is 23.7. The average Bonchev–Trinajstić information content (AvgIpc) is 2.26.